The average Bonchev–Trinajstić information content (AvgIpc) is 3.31. The number of ether oxygens (including phenoxy) is 2. The van der Waals surface area contributed by atoms with E-state index in [0.29, 0.717) is 15.6 Å². The van der Waals surface area contributed by atoms with Crippen molar-refractivity contribution in [1.82, 2.24) is 5.16 Å². The van der Waals surface area contributed by atoms with Gasteiger partial charge in [-0.1, -0.05) is 16.8 Å². The Morgan fingerprint density at radius 1 is 1.29 bits per heavy atom. The number of nitrogens with one attached hydrogen (secondary N) is 1. The number of esters is 1. The summed E-state index contributed by atoms with van der Waals surface area (Å²) in [5.74, 6) is -0.0227. The van der Waals surface area contributed by atoms with Crippen LogP contribution >= 0.6 is 22.9 Å². The van der Waals surface area contributed by atoms with Gasteiger partial charge in [-0.3, -0.25) is 4.72 Å². The monoisotopic (exact) mass is 442 g/mol. The van der Waals surface area contributed by atoms with Gasteiger partial charge in [-0.25, -0.2) is 13.2 Å². The van der Waals surface area contributed by atoms with Crippen molar-refractivity contribution in [3.8, 4) is 16.4 Å². The highest BCUT2D eigenvalue weighted by atomic mass is 35.5. The van der Waals surface area contributed by atoms with Gasteiger partial charge in [0.15, 0.2) is 11.5 Å². The van der Waals surface area contributed by atoms with Crippen LogP contribution in [0, 0.1) is 0 Å². The lowest BCUT2D eigenvalue weighted by Gasteiger charge is -2.11. The largest absolute Gasteiger partial charge is 0.495 e. The topological polar surface area (TPSA) is 108 Å². The van der Waals surface area contributed by atoms with Crippen molar-refractivity contribution < 1.29 is 27.2 Å². The zero-order valence-corrected chi connectivity index (χ0v) is 17.2. The minimum absolute atomic E-state index is 0.0106. The summed E-state index contributed by atoms with van der Waals surface area (Å²) in [5, 5.41) is 4.00. The van der Waals surface area contributed by atoms with Crippen LogP contribution in [-0.4, -0.2) is 33.3 Å². The highest BCUT2D eigenvalue weighted by Crippen LogP contribution is 2.34. The Kier molecular flexibility index (Phi) is 5.92. The van der Waals surface area contributed by atoms with Crippen molar-refractivity contribution in [2.24, 2.45) is 0 Å². The molecular formula is C17H15ClN2O6S2. The molecule has 0 fully saturated rings. The summed E-state index contributed by atoms with van der Waals surface area (Å²) in [6.45, 7) is 1.89. The molecule has 2 heterocycles. The van der Waals surface area contributed by atoms with E-state index in [1.807, 2.05) is 0 Å². The van der Waals surface area contributed by atoms with Crippen LogP contribution in [0.15, 0.2) is 45.1 Å². The van der Waals surface area contributed by atoms with Crippen LogP contribution in [0.25, 0.3) is 10.6 Å². The Morgan fingerprint density at radius 3 is 2.79 bits per heavy atom. The zero-order valence-electron chi connectivity index (χ0n) is 14.8. The summed E-state index contributed by atoms with van der Waals surface area (Å²) in [4.78, 5) is 12.2. The van der Waals surface area contributed by atoms with Crippen LogP contribution in [-0.2, 0) is 14.8 Å². The summed E-state index contributed by atoms with van der Waals surface area (Å²) >= 11 is 6.90. The zero-order chi connectivity index (χ0) is 20.3. The first-order chi connectivity index (χ1) is 13.3. The van der Waals surface area contributed by atoms with E-state index < -0.39 is 16.0 Å². The summed E-state index contributed by atoms with van der Waals surface area (Å²) in [6, 6.07) is 8.98. The van der Waals surface area contributed by atoms with E-state index in [4.69, 9.17) is 25.6 Å². The summed E-state index contributed by atoms with van der Waals surface area (Å²) in [6.07, 6.45) is 0. The van der Waals surface area contributed by atoms with Gasteiger partial charge in [-0.2, -0.15) is 0 Å². The molecule has 0 saturated carbocycles. The molecule has 0 bridgehead atoms. The van der Waals surface area contributed by atoms with Gasteiger partial charge in [0.2, 0.25) is 0 Å². The number of benzene rings is 1. The van der Waals surface area contributed by atoms with Gasteiger partial charge in [0.05, 0.1) is 24.3 Å². The van der Waals surface area contributed by atoms with Gasteiger partial charge < -0.3 is 14.0 Å². The highest BCUT2D eigenvalue weighted by molar-refractivity contribution is 7.94. The molecule has 0 saturated heterocycles. The molecule has 0 atom stereocenters. The highest BCUT2D eigenvalue weighted by Gasteiger charge is 2.22. The molecule has 148 valence electrons. The lowest BCUT2D eigenvalue weighted by Crippen LogP contribution is -2.12. The Hall–Kier alpha value is -2.56. The maximum Gasteiger partial charge on any atom is 0.360 e. The number of aromatic nitrogens is 1. The van der Waals surface area contributed by atoms with Crippen molar-refractivity contribution in [1.29, 1.82) is 0 Å². The first kappa shape index (κ1) is 20.2. The second kappa shape index (κ2) is 8.21. The minimum Gasteiger partial charge on any atom is -0.495 e. The maximum absolute atomic E-state index is 12.7. The number of methoxy groups -OCH3 is 1. The van der Waals surface area contributed by atoms with E-state index >= 15 is 0 Å². The Balaban J connectivity index is 1.85. The molecule has 0 aliphatic heterocycles. The van der Waals surface area contributed by atoms with E-state index in [2.05, 4.69) is 9.88 Å². The van der Waals surface area contributed by atoms with E-state index in [1.54, 1.807) is 25.1 Å². The van der Waals surface area contributed by atoms with Gasteiger partial charge in [0.25, 0.3) is 10.0 Å². The number of hydrogen-bond donors (Lipinski definition) is 1. The number of rotatable bonds is 7. The molecule has 1 N–H and O–H groups in total. The van der Waals surface area contributed by atoms with Crippen molar-refractivity contribution >= 4 is 44.6 Å². The van der Waals surface area contributed by atoms with Gasteiger partial charge >= 0.3 is 5.97 Å². The first-order valence-electron chi connectivity index (χ1n) is 7.94. The van der Waals surface area contributed by atoms with Crippen LogP contribution in [0.2, 0.25) is 5.02 Å². The number of sulfonamides is 1. The average molecular weight is 443 g/mol. The van der Waals surface area contributed by atoms with Crippen LogP contribution in [0.4, 0.5) is 5.69 Å². The second-order valence-corrected chi connectivity index (χ2v) is 8.80. The van der Waals surface area contributed by atoms with Gasteiger partial charge in [0, 0.05) is 11.1 Å². The lowest BCUT2D eigenvalue weighted by atomic mass is 10.3. The summed E-state index contributed by atoms with van der Waals surface area (Å²) < 4.78 is 43.0. The quantitative estimate of drug-likeness (QED) is 0.550. The number of carbonyl (C=O) groups excluding carboxylic acids is 1. The Bertz CT molecular complexity index is 1110. The van der Waals surface area contributed by atoms with Gasteiger partial charge in [-0.05, 0) is 37.3 Å². The molecule has 1 aromatic carbocycles. The molecule has 11 heteroatoms. The number of anilines is 1. The van der Waals surface area contributed by atoms with Crippen LogP contribution in [0.5, 0.6) is 5.75 Å². The Morgan fingerprint density at radius 2 is 2.07 bits per heavy atom. The summed E-state index contributed by atoms with van der Waals surface area (Å²) in [5.41, 5.74) is 0.227. The smallest absolute Gasteiger partial charge is 0.360 e. The number of nitrogens with zero attached hydrogens (tertiary/aromatic N) is 1. The molecule has 3 rings (SSSR count). The van der Waals surface area contributed by atoms with Crippen LogP contribution in [0.1, 0.15) is 17.4 Å². The van der Waals surface area contributed by atoms with Gasteiger partial charge in [-0.15, -0.1) is 11.3 Å². The van der Waals surface area contributed by atoms with Crippen molar-refractivity contribution in [3.05, 3.63) is 47.1 Å². The van der Waals surface area contributed by atoms with Crippen LogP contribution in [0.3, 0.4) is 0 Å². The third-order valence-corrected chi connectivity index (χ3v) is 6.68. The first-order valence-corrected chi connectivity index (χ1v) is 10.6. The molecule has 0 spiro atoms. The fourth-order valence-corrected chi connectivity index (χ4v) is 4.73. The SMILES string of the molecule is CCOC(=O)c1cc(-c2ccc(S(=O)(=O)Nc3cc(Cl)ccc3OC)s2)on1. The standard InChI is InChI=1S/C17H15ClN2O6S2/c1-3-25-17(21)12-9-14(26-19-12)15-6-7-16(27-15)28(22,23)20-11-8-10(18)4-5-13(11)24-2/h4-9,20H,3H2,1-2H3. The predicted molar refractivity (Wildman–Crippen MR) is 105 cm³/mol. The maximum atomic E-state index is 12.7. The van der Waals surface area contributed by atoms with E-state index in [0.717, 1.165) is 11.3 Å². The number of carbonyl (C=O) groups is 1. The molecule has 28 heavy (non-hydrogen) atoms. The number of thiophene rings is 1. The second-order valence-electron chi connectivity index (χ2n) is 5.37. The normalized spacial score (nSPS) is 11.2. The fourth-order valence-electron chi connectivity index (χ4n) is 2.24. The molecule has 0 unspecified atom stereocenters. The third kappa shape index (κ3) is 4.29. The number of halogens is 1. The van der Waals surface area contributed by atoms with E-state index in [9.17, 15) is 13.2 Å². The molecule has 0 radical (unpaired) electrons. The molecule has 0 amide bonds. The molecule has 8 nitrogen and oxygen atoms in total. The fraction of sp³-hybridized carbons (Fsp3) is 0.176. The summed E-state index contributed by atoms with van der Waals surface area (Å²) in [7, 11) is -2.47. The van der Waals surface area contributed by atoms with Crippen molar-refractivity contribution in [2.75, 3.05) is 18.4 Å². The van der Waals surface area contributed by atoms with Gasteiger partial charge in [0.1, 0.15) is 9.96 Å². The Labute approximate surface area is 170 Å². The van der Waals surface area contributed by atoms with Crippen molar-refractivity contribution in [3.63, 3.8) is 0 Å². The third-order valence-electron chi connectivity index (χ3n) is 3.49. The molecule has 3 aromatic rings. The van der Waals surface area contributed by atoms with E-state index in [-0.39, 0.29) is 28.0 Å². The lowest BCUT2D eigenvalue weighted by molar-refractivity contribution is 0.0514. The van der Waals surface area contributed by atoms with Crippen molar-refractivity contribution in [2.45, 2.75) is 11.1 Å². The molecule has 0 aliphatic rings. The van der Waals surface area contributed by atoms with Crippen LogP contribution < -0.4 is 9.46 Å². The molecule has 2 aromatic heterocycles. The van der Waals surface area contributed by atoms with E-state index in [1.165, 1.54) is 25.3 Å². The predicted octanol–water partition coefficient (Wildman–Crippen LogP) is 4.04. The molecular weight excluding hydrogens is 428 g/mol. The number of hydrogen-bond acceptors (Lipinski definition) is 8. The minimum atomic E-state index is -3.89. The molecule has 0 aliphatic carbocycles.